The Balaban J connectivity index is 2.07. The molecule has 4 heteroatoms. The summed E-state index contributed by atoms with van der Waals surface area (Å²) in [7, 11) is 1.90. The Hall–Kier alpha value is -1.68. The number of hydrogen-bond donors (Lipinski definition) is 1. The van der Waals surface area contributed by atoms with Crippen molar-refractivity contribution in [3.05, 3.63) is 48.0 Å². The van der Waals surface area contributed by atoms with Gasteiger partial charge >= 0.3 is 0 Å². The van der Waals surface area contributed by atoms with Crippen molar-refractivity contribution >= 4 is 0 Å². The van der Waals surface area contributed by atoms with E-state index in [2.05, 4.69) is 10.1 Å². The van der Waals surface area contributed by atoms with E-state index in [-0.39, 0.29) is 6.04 Å². The van der Waals surface area contributed by atoms with E-state index in [9.17, 15) is 0 Å². The molecule has 0 spiro atoms. The van der Waals surface area contributed by atoms with Crippen LogP contribution >= 0.6 is 0 Å². The Labute approximate surface area is 88.8 Å². The molecule has 0 saturated carbocycles. The van der Waals surface area contributed by atoms with Crippen LogP contribution < -0.4 is 5.73 Å². The maximum absolute atomic E-state index is 6.02. The van der Waals surface area contributed by atoms with E-state index in [4.69, 9.17) is 5.73 Å². The van der Waals surface area contributed by atoms with E-state index in [1.165, 1.54) is 0 Å². The molecule has 2 aromatic rings. The van der Waals surface area contributed by atoms with Gasteiger partial charge in [-0.1, -0.05) is 6.07 Å². The van der Waals surface area contributed by atoms with E-state index in [1.54, 1.807) is 10.9 Å². The zero-order chi connectivity index (χ0) is 10.7. The number of hydrogen-bond acceptors (Lipinski definition) is 3. The van der Waals surface area contributed by atoms with Gasteiger partial charge in [0.2, 0.25) is 0 Å². The quantitative estimate of drug-likeness (QED) is 0.809. The second-order valence-electron chi connectivity index (χ2n) is 3.55. The summed E-state index contributed by atoms with van der Waals surface area (Å²) >= 11 is 0. The van der Waals surface area contributed by atoms with Crippen molar-refractivity contribution in [2.24, 2.45) is 12.8 Å². The first-order chi connectivity index (χ1) is 7.25. The molecule has 1 unspecified atom stereocenters. The SMILES string of the molecule is Cn1ccc(CC(N)c2ccccn2)n1. The van der Waals surface area contributed by atoms with Crippen molar-refractivity contribution in [3.63, 3.8) is 0 Å². The second kappa shape index (κ2) is 4.23. The van der Waals surface area contributed by atoms with Gasteiger partial charge in [-0.05, 0) is 18.2 Å². The summed E-state index contributed by atoms with van der Waals surface area (Å²) in [5, 5.41) is 4.29. The minimum Gasteiger partial charge on any atom is -0.322 e. The average Bonchev–Trinajstić information content (AvgIpc) is 2.65. The largest absolute Gasteiger partial charge is 0.322 e. The number of rotatable bonds is 3. The average molecular weight is 202 g/mol. The molecule has 0 radical (unpaired) electrons. The van der Waals surface area contributed by atoms with Gasteiger partial charge in [-0.3, -0.25) is 9.67 Å². The number of pyridine rings is 1. The van der Waals surface area contributed by atoms with Crippen LogP contribution in [-0.2, 0) is 13.5 Å². The Morgan fingerprint density at radius 3 is 2.87 bits per heavy atom. The van der Waals surface area contributed by atoms with Crippen molar-refractivity contribution in [1.82, 2.24) is 14.8 Å². The van der Waals surface area contributed by atoms with Crippen LogP contribution in [0.1, 0.15) is 17.4 Å². The van der Waals surface area contributed by atoms with Crippen LogP contribution in [0.2, 0.25) is 0 Å². The minimum absolute atomic E-state index is 0.0823. The summed E-state index contributed by atoms with van der Waals surface area (Å²) in [6.45, 7) is 0. The van der Waals surface area contributed by atoms with E-state index < -0.39 is 0 Å². The minimum atomic E-state index is -0.0823. The third kappa shape index (κ3) is 2.41. The van der Waals surface area contributed by atoms with Crippen LogP contribution in [0.25, 0.3) is 0 Å². The molecule has 2 N–H and O–H groups in total. The molecule has 0 aliphatic heterocycles. The van der Waals surface area contributed by atoms with Gasteiger partial charge in [0.15, 0.2) is 0 Å². The molecule has 0 bridgehead atoms. The third-order valence-electron chi connectivity index (χ3n) is 2.27. The fraction of sp³-hybridized carbons (Fsp3) is 0.273. The van der Waals surface area contributed by atoms with E-state index in [0.717, 1.165) is 17.8 Å². The highest BCUT2D eigenvalue weighted by atomic mass is 15.2. The topological polar surface area (TPSA) is 56.7 Å². The monoisotopic (exact) mass is 202 g/mol. The number of aryl methyl sites for hydroxylation is 1. The van der Waals surface area contributed by atoms with Gasteiger partial charge in [0, 0.05) is 25.9 Å². The van der Waals surface area contributed by atoms with Crippen molar-refractivity contribution in [1.29, 1.82) is 0 Å². The molecular weight excluding hydrogens is 188 g/mol. The number of aromatic nitrogens is 3. The highest BCUT2D eigenvalue weighted by Gasteiger charge is 2.09. The van der Waals surface area contributed by atoms with Gasteiger partial charge in [-0.15, -0.1) is 0 Å². The fourth-order valence-electron chi connectivity index (χ4n) is 1.50. The summed E-state index contributed by atoms with van der Waals surface area (Å²) in [5.74, 6) is 0. The maximum Gasteiger partial charge on any atom is 0.0643 e. The Kier molecular flexibility index (Phi) is 2.78. The Morgan fingerprint density at radius 1 is 1.40 bits per heavy atom. The molecule has 0 aliphatic rings. The Bertz CT molecular complexity index is 421. The summed E-state index contributed by atoms with van der Waals surface area (Å²) in [5.41, 5.74) is 7.93. The highest BCUT2D eigenvalue weighted by molar-refractivity contribution is 5.12. The molecule has 4 nitrogen and oxygen atoms in total. The van der Waals surface area contributed by atoms with E-state index >= 15 is 0 Å². The van der Waals surface area contributed by atoms with Gasteiger partial charge < -0.3 is 5.73 Å². The summed E-state index contributed by atoms with van der Waals surface area (Å²) in [4.78, 5) is 4.22. The van der Waals surface area contributed by atoms with Crippen molar-refractivity contribution in [3.8, 4) is 0 Å². The first-order valence-electron chi connectivity index (χ1n) is 4.91. The second-order valence-corrected chi connectivity index (χ2v) is 3.55. The lowest BCUT2D eigenvalue weighted by Crippen LogP contribution is -2.15. The normalized spacial score (nSPS) is 12.7. The third-order valence-corrected chi connectivity index (χ3v) is 2.27. The first-order valence-corrected chi connectivity index (χ1v) is 4.91. The predicted octanol–water partition coefficient (Wildman–Crippen LogP) is 1.06. The molecule has 0 aromatic carbocycles. The molecule has 0 aliphatic carbocycles. The maximum atomic E-state index is 6.02. The van der Waals surface area contributed by atoms with Crippen LogP contribution in [-0.4, -0.2) is 14.8 Å². The van der Waals surface area contributed by atoms with Crippen molar-refractivity contribution < 1.29 is 0 Å². The molecule has 78 valence electrons. The first kappa shape index (κ1) is 9.86. The highest BCUT2D eigenvalue weighted by Crippen LogP contribution is 2.11. The molecule has 2 heterocycles. The van der Waals surface area contributed by atoms with Gasteiger partial charge in [-0.25, -0.2) is 0 Å². The smallest absolute Gasteiger partial charge is 0.0643 e. The molecule has 0 fully saturated rings. The zero-order valence-electron chi connectivity index (χ0n) is 8.67. The lowest BCUT2D eigenvalue weighted by atomic mass is 10.1. The summed E-state index contributed by atoms with van der Waals surface area (Å²) in [6, 6.07) is 7.66. The van der Waals surface area contributed by atoms with Crippen LogP contribution in [0.4, 0.5) is 0 Å². The zero-order valence-corrected chi connectivity index (χ0v) is 8.67. The van der Waals surface area contributed by atoms with Crippen LogP contribution in [0, 0.1) is 0 Å². The van der Waals surface area contributed by atoms with Gasteiger partial charge in [0.05, 0.1) is 17.4 Å². The van der Waals surface area contributed by atoms with Gasteiger partial charge in [0.1, 0.15) is 0 Å². The lowest BCUT2D eigenvalue weighted by molar-refractivity contribution is 0.660. The lowest BCUT2D eigenvalue weighted by Gasteiger charge is -2.08. The van der Waals surface area contributed by atoms with Gasteiger partial charge in [-0.2, -0.15) is 5.10 Å². The predicted molar refractivity (Wildman–Crippen MR) is 58.1 cm³/mol. The molecule has 2 aromatic heterocycles. The molecule has 1 atom stereocenters. The van der Waals surface area contributed by atoms with Crippen molar-refractivity contribution in [2.45, 2.75) is 12.5 Å². The van der Waals surface area contributed by atoms with Crippen LogP contribution in [0.15, 0.2) is 36.7 Å². The standard InChI is InChI=1S/C11H14N4/c1-15-7-5-9(14-15)8-10(12)11-4-2-3-6-13-11/h2-7,10H,8,12H2,1H3. The van der Waals surface area contributed by atoms with E-state index in [0.29, 0.717) is 0 Å². The van der Waals surface area contributed by atoms with Crippen LogP contribution in [0.5, 0.6) is 0 Å². The molecule has 2 rings (SSSR count). The molecule has 0 saturated heterocycles. The van der Waals surface area contributed by atoms with Crippen LogP contribution in [0.3, 0.4) is 0 Å². The van der Waals surface area contributed by atoms with Crippen molar-refractivity contribution in [2.75, 3.05) is 0 Å². The molecular formula is C11H14N4. The number of nitrogens with two attached hydrogens (primary N) is 1. The summed E-state index contributed by atoms with van der Waals surface area (Å²) < 4.78 is 1.78. The molecule has 15 heavy (non-hydrogen) atoms. The van der Waals surface area contributed by atoms with E-state index in [1.807, 2.05) is 37.5 Å². The Morgan fingerprint density at radius 2 is 2.27 bits per heavy atom. The number of nitrogens with zero attached hydrogens (tertiary/aromatic N) is 3. The van der Waals surface area contributed by atoms with Gasteiger partial charge in [0.25, 0.3) is 0 Å². The fourth-order valence-corrected chi connectivity index (χ4v) is 1.50. The molecule has 0 amide bonds. The summed E-state index contributed by atoms with van der Waals surface area (Å²) in [6.07, 6.45) is 4.39.